The minimum Gasteiger partial charge on any atom is -0.466 e. The van der Waals surface area contributed by atoms with Crippen LogP contribution in [0.15, 0.2) is 52.3 Å². The Hall–Kier alpha value is -2.49. The topological polar surface area (TPSA) is 54.3 Å². The maximum absolute atomic E-state index is 13.0. The first-order valence-corrected chi connectivity index (χ1v) is 8.37. The number of benzene rings is 1. The highest BCUT2D eigenvalue weighted by molar-refractivity contribution is 6.01. The number of furan rings is 1. The highest BCUT2D eigenvalue weighted by Crippen LogP contribution is 2.45. The Labute approximate surface area is 141 Å². The number of fused-ring (bicyclic) bond motifs is 1. The second-order valence-electron chi connectivity index (χ2n) is 7.55. The Bertz CT molecular complexity index is 845. The number of carbonyl (C=O) groups excluding carboxylic acids is 1. The van der Waals surface area contributed by atoms with Gasteiger partial charge in [-0.25, -0.2) is 0 Å². The molecule has 2 heterocycles. The van der Waals surface area contributed by atoms with Gasteiger partial charge in [-0.1, -0.05) is 26.0 Å². The average molecular weight is 322 g/mol. The molecular weight excluding hydrogens is 300 g/mol. The number of anilines is 2. The number of aryl methyl sites for hydroxylation is 1. The molecule has 0 unspecified atom stereocenters. The lowest BCUT2D eigenvalue weighted by atomic mass is 9.74. The van der Waals surface area contributed by atoms with Gasteiger partial charge in [0.2, 0.25) is 0 Å². The minimum atomic E-state index is -0.255. The van der Waals surface area contributed by atoms with Gasteiger partial charge in [0.05, 0.1) is 17.6 Å². The molecule has 2 aromatic rings. The summed E-state index contributed by atoms with van der Waals surface area (Å²) in [5.41, 5.74) is 4.82. The van der Waals surface area contributed by atoms with Crippen molar-refractivity contribution in [2.75, 3.05) is 10.6 Å². The molecule has 1 atom stereocenters. The predicted octanol–water partition coefficient (Wildman–Crippen LogP) is 4.81. The van der Waals surface area contributed by atoms with Crippen LogP contribution < -0.4 is 10.6 Å². The number of hydrogen-bond acceptors (Lipinski definition) is 4. The molecule has 0 fully saturated rings. The van der Waals surface area contributed by atoms with E-state index in [2.05, 4.69) is 24.5 Å². The molecule has 0 bridgehead atoms. The van der Waals surface area contributed by atoms with Gasteiger partial charge in [-0.2, -0.15) is 0 Å². The maximum atomic E-state index is 13.0. The van der Waals surface area contributed by atoms with E-state index in [0.717, 1.165) is 40.4 Å². The number of Topliss-reactive ketones (excluding diaryl/α,β-unsaturated/α-hetero) is 1. The van der Waals surface area contributed by atoms with Crippen molar-refractivity contribution in [3.8, 4) is 0 Å². The zero-order valence-electron chi connectivity index (χ0n) is 14.3. The van der Waals surface area contributed by atoms with E-state index in [1.165, 1.54) is 0 Å². The minimum absolute atomic E-state index is 0.0367. The van der Waals surface area contributed by atoms with Crippen LogP contribution in [0.5, 0.6) is 0 Å². The van der Waals surface area contributed by atoms with Crippen LogP contribution in [0.3, 0.4) is 0 Å². The number of rotatable bonds is 1. The lowest BCUT2D eigenvalue weighted by Gasteiger charge is -2.33. The van der Waals surface area contributed by atoms with Gasteiger partial charge >= 0.3 is 0 Å². The standard InChI is InChI=1S/C20H22N2O2/c1-12-8-9-24-19(12)18-17-15(10-20(2,3)11-16(17)23)21-13-6-4-5-7-14(13)22-18/h4-9,18,21-22H,10-11H2,1-3H3/t18-/m1/s1. The fourth-order valence-electron chi connectivity index (χ4n) is 3.77. The SMILES string of the molecule is Cc1ccoc1[C@@H]1Nc2ccccc2NC2=C1C(=O)CC(C)(C)C2. The zero-order chi connectivity index (χ0) is 16.9. The second-order valence-corrected chi connectivity index (χ2v) is 7.55. The lowest BCUT2D eigenvalue weighted by Crippen LogP contribution is -2.31. The molecule has 0 saturated heterocycles. The van der Waals surface area contributed by atoms with Crippen molar-refractivity contribution >= 4 is 17.2 Å². The summed E-state index contributed by atoms with van der Waals surface area (Å²) < 4.78 is 5.75. The van der Waals surface area contributed by atoms with Gasteiger partial charge < -0.3 is 15.1 Å². The molecule has 0 saturated carbocycles. The largest absolute Gasteiger partial charge is 0.466 e. The number of para-hydroxylation sites is 2. The normalized spacial score (nSPS) is 22.1. The summed E-state index contributed by atoms with van der Waals surface area (Å²) in [5, 5.41) is 7.04. The van der Waals surface area contributed by atoms with Gasteiger partial charge in [0.1, 0.15) is 11.8 Å². The second kappa shape index (κ2) is 5.26. The molecule has 1 aromatic heterocycles. The van der Waals surface area contributed by atoms with E-state index in [1.807, 2.05) is 37.3 Å². The molecule has 124 valence electrons. The third-order valence-corrected chi connectivity index (χ3v) is 4.89. The van der Waals surface area contributed by atoms with Crippen LogP contribution in [0.4, 0.5) is 11.4 Å². The summed E-state index contributed by atoms with van der Waals surface area (Å²) in [6, 6.07) is 9.75. The van der Waals surface area contributed by atoms with Crippen LogP contribution in [0.2, 0.25) is 0 Å². The van der Waals surface area contributed by atoms with Gasteiger partial charge in [0.25, 0.3) is 0 Å². The van der Waals surface area contributed by atoms with E-state index in [0.29, 0.717) is 6.42 Å². The van der Waals surface area contributed by atoms with E-state index in [4.69, 9.17) is 4.42 Å². The smallest absolute Gasteiger partial charge is 0.163 e. The number of carbonyl (C=O) groups is 1. The Morgan fingerprint density at radius 1 is 1.12 bits per heavy atom. The fourth-order valence-corrected chi connectivity index (χ4v) is 3.77. The molecule has 2 aliphatic rings. The number of nitrogens with one attached hydrogen (secondary N) is 2. The van der Waals surface area contributed by atoms with E-state index in [9.17, 15) is 4.79 Å². The molecule has 4 rings (SSSR count). The van der Waals surface area contributed by atoms with Crippen molar-refractivity contribution in [3.05, 3.63) is 59.2 Å². The van der Waals surface area contributed by atoms with Crippen molar-refractivity contribution in [1.29, 1.82) is 0 Å². The number of hydrogen-bond donors (Lipinski definition) is 2. The lowest BCUT2D eigenvalue weighted by molar-refractivity contribution is -0.118. The van der Waals surface area contributed by atoms with Crippen LogP contribution in [0.1, 0.15) is 44.1 Å². The van der Waals surface area contributed by atoms with Crippen LogP contribution in [0.25, 0.3) is 0 Å². The summed E-state index contributed by atoms with van der Waals surface area (Å²) in [6.45, 7) is 6.31. The van der Waals surface area contributed by atoms with E-state index < -0.39 is 0 Å². The fraction of sp³-hybridized carbons (Fsp3) is 0.350. The molecule has 24 heavy (non-hydrogen) atoms. The van der Waals surface area contributed by atoms with E-state index >= 15 is 0 Å². The monoisotopic (exact) mass is 322 g/mol. The highest BCUT2D eigenvalue weighted by atomic mass is 16.3. The Morgan fingerprint density at radius 3 is 2.58 bits per heavy atom. The first-order chi connectivity index (χ1) is 11.4. The van der Waals surface area contributed by atoms with E-state index in [1.54, 1.807) is 6.26 Å². The molecule has 4 heteroatoms. The van der Waals surface area contributed by atoms with Crippen molar-refractivity contribution in [3.63, 3.8) is 0 Å². The maximum Gasteiger partial charge on any atom is 0.163 e. The first kappa shape index (κ1) is 15.1. The molecule has 4 nitrogen and oxygen atoms in total. The third-order valence-electron chi connectivity index (χ3n) is 4.89. The van der Waals surface area contributed by atoms with Crippen LogP contribution in [0, 0.1) is 12.3 Å². The number of ketones is 1. The molecule has 0 amide bonds. The molecule has 2 N–H and O–H groups in total. The summed E-state index contributed by atoms with van der Waals surface area (Å²) in [4.78, 5) is 13.0. The van der Waals surface area contributed by atoms with Crippen LogP contribution in [-0.2, 0) is 4.79 Å². The quantitative estimate of drug-likeness (QED) is 0.791. The molecule has 1 aliphatic heterocycles. The molecule has 1 aromatic carbocycles. The van der Waals surface area contributed by atoms with Crippen molar-refractivity contribution in [2.45, 2.75) is 39.7 Å². The molecule has 0 spiro atoms. The molecule has 0 radical (unpaired) electrons. The Morgan fingerprint density at radius 2 is 1.88 bits per heavy atom. The van der Waals surface area contributed by atoms with Crippen LogP contribution >= 0.6 is 0 Å². The Balaban J connectivity index is 1.90. The van der Waals surface area contributed by atoms with Gasteiger partial charge in [-0.15, -0.1) is 0 Å². The van der Waals surface area contributed by atoms with Gasteiger partial charge in [-0.3, -0.25) is 4.79 Å². The third kappa shape index (κ3) is 2.42. The summed E-state index contributed by atoms with van der Waals surface area (Å²) >= 11 is 0. The van der Waals surface area contributed by atoms with Gasteiger partial charge in [0.15, 0.2) is 5.78 Å². The number of allylic oxidation sites excluding steroid dienone is 1. The van der Waals surface area contributed by atoms with E-state index in [-0.39, 0.29) is 17.2 Å². The summed E-state index contributed by atoms with van der Waals surface area (Å²) in [5.74, 6) is 1.00. The average Bonchev–Trinajstić information content (AvgIpc) is 2.85. The first-order valence-electron chi connectivity index (χ1n) is 8.37. The van der Waals surface area contributed by atoms with Crippen molar-refractivity contribution in [1.82, 2.24) is 0 Å². The van der Waals surface area contributed by atoms with Gasteiger partial charge in [0, 0.05) is 17.7 Å². The zero-order valence-corrected chi connectivity index (χ0v) is 14.3. The van der Waals surface area contributed by atoms with Crippen molar-refractivity contribution < 1.29 is 9.21 Å². The van der Waals surface area contributed by atoms with Crippen molar-refractivity contribution in [2.24, 2.45) is 5.41 Å². The highest BCUT2D eigenvalue weighted by Gasteiger charge is 2.39. The molecular formula is C20H22N2O2. The summed E-state index contributed by atoms with van der Waals surface area (Å²) in [6.07, 6.45) is 3.09. The van der Waals surface area contributed by atoms with Gasteiger partial charge in [-0.05, 0) is 42.5 Å². The molecule has 1 aliphatic carbocycles. The predicted molar refractivity (Wildman–Crippen MR) is 94.9 cm³/mol. The summed E-state index contributed by atoms with van der Waals surface area (Å²) in [7, 11) is 0. The van der Waals surface area contributed by atoms with Crippen LogP contribution in [-0.4, -0.2) is 5.78 Å². The Kier molecular flexibility index (Phi) is 3.30.